The Kier molecular flexibility index (Phi) is 7.34. The molecule has 6 rings (SSSR count). The van der Waals surface area contributed by atoms with Crippen molar-refractivity contribution in [2.75, 3.05) is 0 Å². The summed E-state index contributed by atoms with van der Waals surface area (Å²) in [6, 6.07) is 6.60. The molecule has 0 radical (unpaired) electrons. The van der Waals surface area contributed by atoms with Gasteiger partial charge in [0.25, 0.3) is 0 Å². The van der Waals surface area contributed by atoms with Gasteiger partial charge in [-0.05, 0) is 109 Å². The number of rotatable bonds is 4. The van der Waals surface area contributed by atoms with Crippen LogP contribution in [-0.2, 0) is 19.1 Å². The second-order valence-electron chi connectivity index (χ2n) is 17.3. The van der Waals surface area contributed by atoms with Crippen LogP contribution in [0.3, 0.4) is 0 Å². The van der Waals surface area contributed by atoms with Gasteiger partial charge in [0.2, 0.25) is 0 Å². The monoisotopic (exact) mass is 616 g/mol. The number of carboxylic acid groups (broad SMARTS) is 1. The zero-order chi connectivity index (χ0) is 32.8. The van der Waals surface area contributed by atoms with Gasteiger partial charge < -0.3 is 14.9 Å². The van der Waals surface area contributed by atoms with Crippen molar-refractivity contribution in [2.24, 2.45) is 50.2 Å². The lowest BCUT2D eigenvalue weighted by Crippen LogP contribution is -2.66. The number of phenolic OH excluding ortho intramolecular Hbond substituents is 1. The summed E-state index contributed by atoms with van der Waals surface area (Å²) in [5, 5.41) is 20.2. The topological polar surface area (TPSA) is 101 Å². The first-order chi connectivity index (χ1) is 20.9. The molecule has 45 heavy (non-hydrogen) atoms. The van der Waals surface area contributed by atoms with Crippen molar-refractivity contribution in [3.63, 3.8) is 0 Å². The maximum Gasteiger partial charge on any atom is 0.331 e. The SMILES string of the molecule is CC1(C)CC[C@]2(C(=O)O)CC=C3[C@]4(C)CC[C@H]5C(C)(C)[C@@H](OC(=O)/C=C/c6ccc(O)cc6)CC(=O)[C@]5(C)[C@H]4CC[C@@]3(C)[C@@H]2C1. The highest BCUT2D eigenvalue weighted by Crippen LogP contribution is 2.74. The van der Waals surface area contributed by atoms with E-state index in [-0.39, 0.29) is 57.4 Å². The van der Waals surface area contributed by atoms with E-state index in [1.54, 1.807) is 30.3 Å². The number of hydrogen-bond acceptors (Lipinski definition) is 5. The van der Waals surface area contributed by atoms with Crippen LogP contribution in [0.1, 0.15) is 112 Å². The summed E-state index contributed by atoms with van der Waals surface area (Å²) < 4.78 is 6.03. The summed E-state index contributed by atoms with van der Waals surface area (Å²) in [5.41, 5.74) is 0.312. The molecule has 0 amide bonds. The average molecular weight is 617 g/mol. The molecule has 1 aromatic rings. The number of carbonyl (C=O) groups excluding carboxylic acids is 2. The Labute approximate surface area is 268 Å². The minimum absolute atomic E-state index is 0.0727. The van der Waals surface area contributed by atoms with Crippen LogP contribution in [-0.4, -0.2) is 34.0 Å². The molecule has 5 aliphatic carbocycles. The largest absolute Gasteiger partial charge is 0.508 e. The van der Waals surface area contributed by atoms with Gasteiger partial charge in [-0.15, -0.1) is 0 Å². The van der Waals surface area contributed by atoms with E-state index >= 15 is 0 Å². The molecule has 0 saturated heterocycles. The number of ether oxygens (including phenoxy) is 1. The molecule has 4 saturated carbocycles. The van der Waals surface area contributed by atoms with E-state index in [1.165, 1.54) is 11.6 Å². The fourth-order valence-electron chi connectivity index (χ4n) is 11.6. The lowest BCUT2D eigenvalue weighted by molar-refractivity contribution is -0.199. The summed E-state index contributed by atoms with van der Waals surface area (Å²) in [4.78, 5) is 40.3. The number of fused-ring (bicyclic) bond motifs is 7. The van der Waals surface area contributed by atoms with Gasteiger partial charge in [0, 0.05) is 23.3 Å². The van der Waals surface area contributed by atoms with Crippen LogP contribution in [0, 0.1) is 50.2 Å². The highest BCUT2D eigenvalue weighted by atomic mass is 16.5. The number of carboxylic acids is 1. The van der Waals surface area contributed by atoms with Crippen LogP contribution in [0.4, 0.5) is 0 Å². The minimum atomic E-state index is -0.700. The van der Waals surface area contributed by atoms with Crippen molar-refractivity contribution in [2.45, 2.75) is 112 Å². The Morgan fingerprint density at radius 2 is 1.49 bits per heavy atom. The van der Waals surface area contributed by atoms with Crippen molar-refractivity contribution in [3.8, 4) is 5.75 Å². The number of hydrogen-bond donors (Lipinski definition) is 2. The van der Waals surface area contributed by atoms with Crippen molar-refractivity contribution >= 4 is 23.8 Å². The third kappa shape index (κ3) is 4.66. The van der Waals surface area contributed by atoms with Crippen LogP contribution in [0.2, 0.25) is 0 Å². The number of Topliss-reactive ketones (excluding diaryl/α,β-unsaturated/α-hetero) is 1. The number of benzene rings is 1. The predicted molar refractivity (Wildman–Crippen MR) is 174 cm³/mol. The Hall–Kier alpha value is -2.89. The lowest BCUT2D eigenvalue weighted by Gasteiger charge is -2.69. The van der Waals surface area contributed by atoms with Crippen LogP contribution >= 0.6 is 0 Å². The molecule has 8 atom stereocenters. The normalized spacial score (nSPS) is 41.6. The van der Waals surface area contributed by atoms with E-state index in [0.29, 0.717) is 6.42 Å². The third-order valence-electron chi connectivity index (χ3n) is 14.2. The lowest BCUT2D eigenvalue weighted by atomic mass is 9.34. The molecule has 1 aromatic carbocycles. The van der Waals surface area contributed by atoms with E-state index in [9.17, 15) is 24.6 Å². The van der Waals surface area contributed by atoms with Gasteiger partial charge in [0.1, 0.15) is 17.6 Å². The van der Waals surface area contributed by atoms with Gasteiger partial charge in [-0.1, -0.05) is 72.2 Å². The number of allylic oxidation sites excluding steroid dienone is 2. The van der Waals surface area contributed by atoms with Gasteiger partial charge >= 0.3 is 11.9 Å². The molecule has 0 aromatic heterocycles. The maximum absolute atomic E-state index is 14.4. The molecule has 6 heteroatoms. The first-order valence-corrected chi connectivity index (χ1v) is 17.1. The van der Waals surface area contributed by atoms with E-state index in [0.717, 1.165) is 50.5 Å². The highest BCUT2D eigenvalue weighted by molar-refractivity contribution is 5.90. The predicted octanol–water partition coefficient (Wildman–Crippen LogP) is 8.38. The Morgan fingerprint density at radius 3 is 2.13 bits per heavy atom. The van der Waals surface area contributed by atoms with Gasteiger partial charge in [-0.25, -0.2) is 4.79 Å². The molecule has 4 fully saturated rings. The first kappa shape index (κ1) is 32.1. The maximum atomic E-state index is 14.4. The number of phenols is 1. The Balaban J connectivity index is 1.28. The van der Waals surface area contributed by atoms with Crippen molar-refractivity contribution < 1.29 is 29.3 Å². The fraction of sp³-hybridized carbons (Fsp3) is 0.667. The van der Waals surface area contributed by atoms with Crippen molar-refractivity contribution in [1.29, 1.82) is 0 Å². The first-order valence-electron chi connectivity index (χ1n) is 17.1. The van der Waals surface area contributed by atoms with Crippen LogP contribution in [0.25, 0.3) is 6.08 Å². The summed E-state index contributed by atoms with van der Waals surface area (Å²) in [6.45, 7) is 15.9. The quantitative estimate of drug-likeness (QED) is 0.200. The molecule has 0 heterocycles. The molecule has 6 nitrogen and oxygen atoms in total. The second kappa shape index (κ2) is 10.3. The van der Waals surface area contributed by atoms with Crippen LogP contribution in [0.15, 0.2) is 42.0 Å². The number of ketones is 1. The van der Waals surface area contributed by atoms with Crippen LogP contribution < -0.4 is 0 Å². The summed E-state index contributed by atoms with van der Waals surface area (Å²) >= 11 is 0. The number of aliphatic carboxylic acids is 1. The van der Waals surface area contributed by atoms with Crippen molar-refractivity contribution in [1.82, 2.24) is 0 Å². The van der Waals surface area contributed by atoms with E-state index in [4.69, 9.17) is 4.74 Å². The molecule has 0 unspecified atom stereocenters. The molecule has 2 N–H and O–H groups in total. The van der Waals surface area contributed by atoms with Crippen molar-refractivity contribution in [3.05, 3.63) is 47.6 Å². The molecule has 0 spiro atoms. The van der Waals surface area contributed by atoms with E-state index < -0.39 is 28.9 Å². The number of aromatic hydroxyl groups is 1. The van der Waals surface area contributed by atoms with E-state index in [2.05, 4.69) is 54.5 Å². The van der Waals surface area contributed by atoms with Gasteiger partial charge in [0.15, 0.2) is 0 Å². The summed E-state index contributed by atoms with van der Waals surface area (Å²) in [7, 11) is 0. The zero-order valence-corrected chi connectivity index (χ0v) is 28.2. The fourth-order valence-corrected chi connectivity index (χ4v) is 11.6. The molecular formula is C39H52O6. The van der Waals surface area contributed by atoms with Gasteiger partial charge in [0.05, 0.1) is 5.41 Å². The molecule has 244 valence electrons. The molecule has 0 bridgehead atoms. The second-order valence-corrected chi connectivity index (χ2v) is 17.3. The Morgan fingerprint density at radius 1 is 0.867 bits per heavy atom. The van der Waals surface area contributed by atoms with Crippen LogP contribution in [0.5, 0.6) is 5.75 Å². The molecular weight excluding hydrogens is 564 g/mol. The zero-order valence-electron chi connectivity index (χ0n) is 28.2. The highest BCUT2D eigenvalue weighted by Gasteiger charge is 2.70. The van der Waals surface area contributed by atoms with Gasteiger partial charge in [-0.2, -0.15) is 0 Å². The van der Waals surface area contributed by atoms with Gasteiger partial charge in [-0.3, -0.25) is 9.59 Å². The number of carbonyl (C=O) groups is 3. The third-order valence-corrected chi connectivity index (χ3v) is 14.2. The standard InChI is InChI=1S/C39H52O6/c1-34(2)20-21-39(33(43)44)19-16-27-36(5)17-14-26-35(3,4)31(45-32(42)13-10-24-8-11-25(40)12-9-24)22-30(41)38(26,7)28(36)15-18-37(27,6)29(39)23-34/h8-13,16,26,28-29,31,40H,14-15,17-23H2,1-7H3,(H,43,44)/b13-10+/t26-,28-,29-,31-,36-,37+,38-,39+/m0/s1. The molecule has 0 aliphatic heterocycles. The number of esters is 1. The minimum Gasteiger partial charge on any atom is -0.508 e. The summed E-state index contributed by atoms with van der Waals surface area (Å²) in [6.07, 6.45) is 11.9. The van der Waals surface area contributed by atoms with E-state index in [1.807, 2.05) is 0 Å². The Bertz CT molecular complexity index is 1470. The summed E-state index contributed by atoms with van der Waals surface area (Å²) in [5.74, 6) is -0.412. The average Bonchev–Trinajstić information content (AvgIpc) is 2.95. The molecule has 5 aliphatic rings. The smallest absolute Gasteiger partial charge is 0.331 e.